The van der Waals surface area contributed by atoms with Gasteiger partial charge in [-0.2, -0.15) is 0 Å². The minimum Gasteiger partial charge on any atom is -0.507 e. The van der Waals surface area contributed by atoms with E-state index >= 15 is 0 Å². The molecule has 0 fully saturated rings. The number of aromatic hydroxyl groups is 1. The molecule has 0 aliphatic heterocycles. The number of amides is 1. The number of carboxylic acid groups (broad SMARTS) is 1. The maximum Gasteiger partial charge on any atom is 0.305 e. The molecule has 0 heterocycles. The number of carbonyl (C=O) groups excluding carboxylic acids is 1. The zero-order chi connectivity index (χ0) is 15.5. The molecule has 0 saturated heterocycles. The molecule has 1 unspecified atom stereocenters. The van der Waals surface area contributed by atoms with Gasteiger partial charge < -0.3 is 15.5 Å². The third-order valence-corrected chi connectivity index (χ3v) is 2.93. The maximum absolute atomic E-state index is 13.1. The molecule has 1 aromatic rings. The molecule has 1 aromatic carbocycles. The van der Waals surface area contributed by atoms with Crippen LogP contribution in [0.15, 0.2) is 18.2 Å². The van der Waals surface area contributed by atoms with Gasteiger partial charge in [0.1, 0.15) is 11.6 Å². The first-order valence-corrected chi connectivity index (χ1v) is 6.12. The lowest BCUT2D eigenvalue weighted by molar-refractivity contribution is -0.138. The smallest absolute Gasteiger partial charge is 0.305 e. The van der Waals surface area contributed by atoms with Crippen molar-refractivity contribution in [1.29, 1.82) is 0 Å². The van der Waals surface area contributed by atoms with Gasteiger partial charge >= 0.3 is 5.97 Å². The fourth-order valence-corrected chi connectivity index (χ4v) is 1.67. The van der Waals surface area contributed by atoms with Crippen molar-refractivity contribution in [2.24, 2.45) is 5.41 Å². The summed E-state index contributed by atoms with van der Waals surface area (Å²) in [5.74, 6) is -2.76. The van der Waals surface area contributed by atoms with Gasteiger partial charge in [-0.25, -0.2) is 4.39 Å². The molecule has 1 atom stereocenters. The number of benzene rings is 1. The number of aliphatic carboxylic acids is 1. The molecule has 6 heteroatoms. The van der Waals surface area contributed by atoms with E-state index in [2.05, 4.69) is 5.32 Å². The molecule has 0 bridgehead atoms. The van der Waals surface area contributed by atoms with Gasteiger partial charge in [0.25, 0.3) is 5.91 Å². The van der Waals surface area contributed by atoms with E-state index in [0.717, 1.165) is 18.2 Å². The second kappa shape index (κ2) is 5.90. The zero-order valence-corrected chi connectivity index (χ0v) is 11.6. The van der Waals surface area contributed by atoms with Crippen LogP contribution in [0.5, 0.6) is 5.75 Å². The number of carboxylic acids is 1. The third-order valence-electron chi connectivity index (χ3n) is 2.93. The van der Waals surface area contributed by atoms with Crippen molar-refractivity contribution in [3.8, 4) is 5.75 Å². The quantitative estimate of drug-likeness (QED) is 0.790. The Labute approximate surface area is 116 Å². The number of rotatable bonds is 4. The molecule has 0 spiro atoms. The molecular formula is C14H18FNO4. The molecule has 3 N–H and O–H groups in total. The zero-order valence-electron chi connectivity index (χ0n) is 11.6. The number of carbonyl (C=O) groups is 2. The molecule has 0 aliphatic carbocycles. The predicted octanol–water partition coefficient (Wildman–Crippen LogP) is 2.15. The first-order valence-electron chi connectivity index (χ1n) is 6.12. The molecule has 0 radical (unpaired) electrons. The Morgan fingerprint density at radius 2 is 1.95 bits per heavy atom. The molecule has 5 nitrogen and oxygen atoms in total. The molecule has 1 amide bonds. The molecule has 0 aliphatic rings. The standard InChI is InChI=1S/C14H18FNO4/c1-14(2,3)11(7-12(18)19)16-13(20)9-6-8(15)4-5-10(9)17/h4-6,11,17H,7H2,1-3H3,(H,16,20)(H,18,19). The van der Waals surface area contributed by atoms with Crippen LogP contribution in [0.4, 0.5) is 4.39 Å². The van der Waals surface area contributed by atoms with Crippen molar-refractivity contribution in [1.82, 2.24) is 5.32 Å². The van der Waals surface area contributed by atoms with Crippen LogP contribution in [0.2, 0.25) is 0 Å². The highest BCUT2D eigenvalue weighted by Gasteiger charge is 2.29. The van der Waals surface area contributed by atoms with Crippen LogP contribution in [-0.2, 0) is 4.79 Å². The number of phenolic OH excluding ortho intramolecular Hbond substituents is 1. The average molecular weight is 283 g/mol. The monoisotopic (exact) mass is 283 g/mol. The number of hydrogen-bond acceptors (Lipinski definition) is 3. The summed E-state index contributed by atoms with van der Waals surface area (Å²) in [6.07, 6.45) is -0.259. The second-order valence-electron chi connectivity index (χ2n) is 5.65. The summed E-state index contributed by atoms with van der Waals surface area (Å²) in [6, 6.07) is 2.37. The highest BCUT2D eigenvalue weighted by atomic mass is 19.1. The summed E-state index contributed by atoms with van der Waals surface area (Å²) in [5, 5.41) is 21.0. The minimum absolute atomic E-state index is 0.218. The fraction of sp³-hybridized carbons (Fsp3) is 0.429. The Morgan fingerprint density at radius 1 is 1.35 bits per heavy atom. The van der Waals surface area contributed by atoms with Crippen LogP contribution in [0.3, 0.4) is 0 Å². The summed E-state index contributed by atoms with van der Waals surface area (Å²) in [6.45, 7) is 5.35. The average Bonchev–Trinajstić information content (AvgIpc) is 2.29. The number of hydrogen-bond donors (Lipinski definition) is 3. The molecule has 20 heavy (non-hydrogen) atoms. The van der Waals surface area contributed by atoms with E-state index in [9.17, 15) is 19.1 Å². The first-order chi connectivity index (χ1) is 9.11. The summed E-state index contributed by atoms with van der Waals surface area (Å²) >= 11 is 0. The van der Waals surface area contributed by atoms with Crippen LogP contribution in [-0.4, -0.2) is 28.1 Å². The van der Waals surface area contributed by atoms with E-state index in [1.54, 1.807) is 20.8 Å². The second-order valence-corrected chi connectivity index (χ2v) is 5.65. The fourth-order valence-electron chi connectivity index (χ4n) is 1.67. The van der Waals surface area contributed by atoms with Crippen LogP contribution >= 0.6 is 0 Å². The van der Waals surface area contributed by atoms with Crippen LogP contribution in [0.1, 0.15) is 37.6 Å². The maximum atomic E-state index is 13.1. The number of phenols is 1. The highest BCUT2D eigenvalue weighted by Crippen LogP contribution is 2.24. The normalized spacial score (nSPS) is 12.8. The molecule has 0 saturated carbocycles. The summed E-state index contributed by atoms with van der Waals surface area (Å²) in [4.78, 5) is 22.9. The van der Waals surface area contributed by atoms with Crippen molar-refractivity contribution < 1.29 is 24.2 Å². The van der Waals surface area contributed by atoms with Crippen molar-refractivity contribution >= 4 is 11.9 Å². The van der Waals surface area contributed by atoms with E-state index in [4.69, 9.17) is 5.11 Å². The van der Waals surface area contributed by atoms with Gasteiger partial charge in [0.2, 0.25) is 0 Å². The Kier molecular flexibility index (Phi) is 4.70. The lowest BCUT2D eigenvalue weighted by Crippen LogP contribution is -2.45. The van der Waals surface area contributed by atoms with Crippen LogP contribution in [0, 0.1) is 11.2 Å². The van der Waals surface area contributed by atoms with Gasteiger partial charge in [-0.1, -0.05) is 20.8 Å². The summed E-state index contributed by atoms with van der Waals surface area (Å²) in [7, 11) is 0. The van der Waals surface area contributed by atoms with Crippen molar-refractivity contribution in [3.05, 3.63) is 29.6 Å². The topological polar surface area (TPSA) is 86.6 Å². The summed E-state index contributed by atoms with van der Waals surface area (Å²) in [5.41, 5.74) is -0.707. The molecule has 1 rings (SSSR count). The third kappa shape index (κ3) is 4.22. The number of halogens is 1. The van der Waals surface area contributed by atoms with E-state index in [1.807, 2.05) is 0 Å². The lowest BCUT2D eigenvalue weighted by Gasteiger charge is -2.30. The van der Waals surface area contributed by atoms with E-state index < -0.39 is 29.2 Å². The van der Waals surface area contributed by atoms with Crippen molar-refractivity contribution in [2.45, 2.75) is 33.2 Å². The van der Waals surface area contributed by atoms with Crippen LogP contribution in [0.25, 0.3) is 0 Å². The van der Waals surface area contributed by atoms with Crippen LogP contribution < -0.4 is 5.32 Å². The Hall–Kier alpha value is -2.11. The van der Waals surface area contributed by atoms with Gasteiger partial charge in [-0.05, 0) is 23.6 Å². The highest BCUT2D eigenvalue weighted by molar-refractivity contribution is 5.97. The van der Waals surface area contributed by atoms with Crippen molar-refractivity contribution in [3.63, 3.8) is 0 Å². The Morgan fingerprint density at radius 3 is 2.45 bits per heavy atom. The van der Waals surface area contributed by atoms with Crippen molar-refractivity contribution in [2.75, 3.05) is 0 Å². The Balaban J connectivity index is 2.96. The summed E-state index contributed by atoms with van der Waals surface area (Å²) < 4.78 is 13.1. The Bertz CT molecular complexity index is 522. The van der Waals surface area contributed by atoms with Gasteiger partial charge in [0.05, 0.1) is 12.0 Å². The molecule has 0 aromatic heterocycles. The minimum atomic E-state index is -1.05. The SMILES string of the molecule is CC(C)(C)C(CC(=O)O)NC(=O)c1cc(F)ccc1O. The van der Waals surface area contributed by atoms with E-state index in [1.165, 1.54) is 0 Å². The number of nitrogens with one attached hydrogen (secondary N) is 1. The van der Waals surface area contributed by atoms with E-state index in [0.29, 0.717) is 0 Å². The van der Waals surface area contributed by atoms with Gasteiger partial charge in [0, 0.05) is 6.04 Å². The molecule has 110 valence electrons. The first kappa shape index (κ1) is 15.9. The predicted molar refractivity (Wildman–Crippen MR) is 71.0 cm³/mol. The van der Waals surface area contributed by atoms with Gasteiger partial charge in [-0.15, -0.1) is 0 Å². The molecular weight excluding hydrogens is 265 g/mol. The lowest BCUT2D eigenvalue weighted by atomic mass is 9.84. The largest absolute Gasteiger partial charge is 0.507 e. The van der Waals surface area contributed by atoms with Gasteiger partial charge in [0.15, 0.2) is 0 Å². The van der Waals surface area contributed by atoms with E-state index in [-0.39, 0.29) is 17.7 Å². The van der Waals surface area contributed by atoms with Gasteiger partial charge in [-0.3, -0.25) is 9.59 Å².